The van der Waals surface area contributed by atoms with E-state index in [1.54, 1.807) is 24.5 Å². The van der Waals surface area contributed by atoms with E-state index in [-0.39, 0.29) is 75.5 Å². The number of nitrogens with one attached hydrogen (secondary N) is 1. The predicted octanol–water partition coefficient (Wildman–Crippen LogP) is 11.1. The molecule has 0 aliphatic rings. The van der Waals surface area contributed by atoms with E-state index < -0.39 is 94.3 Å². The van der Waals surface area contributed by atoms with Gasteiger partial charge in [-0.25, -0.2) is 63.8 Å². The highest BCUT2D eigenvalue weighted by Gasteiger charge is 2.32. The van der Waals surface area contributed by atoms with Crippen molar-refractivity contribution >= 4 is 73.6 Å². The number of rotatable bonds is 12. The van der Waals surface area contributed by atoms with E-state index in [1.165, 1.54) is 116 Å². The second-order valence-electron chi connectivity index (χ2n) is 17.7. The molecule has 4 heterocycles. The fourth-order valence-electron chi connectivity index (χ4n) is 8.39. The summed E-state index contributed by atoms with van der Waals surface area (Å²) < 4.78 is 197. The Balaban J connectivity index is 0.000000222. The zero-order valence-corrected chi connectivity index (χ0v) is 49.7. The summed E-state index contributed by atoms with van der Waals surface area (Å²) in [5.41, 5.74) is 5.27. The van der Waals surface area contributed by atoms with E-state index in [4.69, 9.17) is 15.2 Å². The first-order valence-corrected chi connectivity index (χ1v) is 27.3. The molecule has 0 radical (unpaired) electrons. The summed E-state index contributed by atoms with van der Waals surface area (Å²) >= 11 is 0. The van der Waals surface area contributed by atoms with Gasteiger partial charge in [0.25, 0.3) is 21.1 Å². The van der Waals surface area contributed by atoms with E-state index in [0.717, 1.165) is 53.1 Å². The molecule has 0 aliphatic heterocycles. The van der Waals surface area contributed by atoms with Crippen molar-refractivity contribution < 1.29 is 70.0 Å². The molecule has 0 bridgehead atoms. The number of benzene rings is 7. The van der Waals surface area contributed by atoms with Gasteiger partial charge < -0.3 is 19.4 Å². The van der Waals surface area contributed by atoms with Gasteiger partial charge >= 0.3 is 10.1 Å². The van der Waals surface area contributed by atoms with Crippen LogP contribution < -0.4 is 35.2 Å². The molecule has 2 atom stereocenters. The molecule has 17 nitrogen and oxygen atoms in total. The third kappa shape index (κ3) is 13.9. The number of halogens is 9. The van der Waals surface area contributed by atoms with Crippen LogP contribution >= 0.6 is 19.8 Å². The molecule has 88 heavy (non-hydrogen) atoms. The predicted molar refractivity (Wildman–Crippen MR) is 318 cm³/mol. The SMILES string of the molecule is COc1cc(-c2ccc(F)cc2)c(F)cc1-n1c(=O)ccc2cc(S(=O)(=O)Nc3ncccn3)ccc21.COc1cc(-c2ccc(F)cc2)c(F)cc1-n1c(=O)ccc2cc(S(=O)(=O)Oc3c(F)c(F)c(F)c(F)c3F)ccc21.Nc1ncccn1.P.P. The molecule has 0 saturated heterocycles. The zero-order chi connectivity index (χ0) is 61.8. The van der Waals surface area contributed by atoms with Crippen LogP contribution in [0, 0.1) is 52.4 Å². The first-order valence-electron chi connectivity index (χ1n) is 24.4. The number of hydrogen-bond donors (Lipinski definition) is 2. The Kier molecular flexibility index (Phi) is 20.4. The van der Waals surface area contributed by atoms with Gasteiger partial charge in [0.05, 0.1) is 41.5 Å². The number of aromatic nitrogens is 6. The van der Waals surface area contributed by atoms with Gasteiger partial charge in [0.1, 0.15) is 39.7 Å². The van der Waals surface area contributed by atoms with Crippen LogP contribution in [0.3, 0.4) is 0 Å². The van der Waals surface area contributed by atoms with E-state index >= 15 is 8.78 Å². The molecule has 11 rings (SSSR count). The van der Waals surface area contributed by atoms with Crippen LogP contribution in [0.25, 0.3) is 55.4 Å². The van der Waals surface area contributed by atoms with E-state index in [9.17, 15) is 57.2 Å². The molecule has 11 aromatic rings. The van der Waals surface area contributed by atoms with Gasteiger partial charge in [-0.15, -0.1) is 0 Å². The van der Waals surface area contributed by atoms with E-state index in [0.29, 0.717) is 28.0 Å². The number of fused-ring (bicyclic) bond motifs is 2. The summed E-state index contributed by atoms with van der Waals surface area (Å²) in [4.78, 5) is 40.0. The number of nitrogen functional groups attached to an aromatic ring is 1. The molecule has 0 saturated carbocycles. The molecule has 0 aliphatic carbocycles. The summed E-state index contributed by atoms with van der Waals surface area (Å²) in [7, 11) is -6.57. The van der Waals surface area contributed by atoms with Crippen LogP contribution in [-0.4, -0.2) is 60.1 Å². The molecule has 0 amide bonds. The Hall–Kier alpha value is -9.75. The highest BCUT2D eigenvalue weighted by Crippen LogP contribution is 2.37. The molecule has 0 fully saturated rings. The quantitative estimate of drug-likeness (QED) is 0.0381. The smallest absolute Gasteiger partial charge is 0.339 e. The Bertz CT molecular complexity index is 4750. The number of anilines is 2. The van der Waals surface area contributed by atoms with Crippen LogP contribution in [0.1, 0.15) is 0 Å². The monoisotopic (exact) mass is 1290 g/mol. The Morgan fingerprint density at radius 1 is 0.477 bits per heavy atom. The summed E-state index contributed by atoms with van der Waals surface area (Å²) in [6.07, 6.45) is 6.00. The van der Waals surface area contributed by atoms with E-state index in [2.05, 4.69) is 28.8 Å². The van der Waals surface area contributed by atoms with Gasteiger partial charge in [-0.1, -0.05) is 24.3 Å². The van der Waals surface area contributed by atoms with Crippen LogP contribution in [0.2, 0.25) is 0 Å². The average molecular weight is 1290 g/mol. The second kappa shape index (κ2) is 27.3. The number of ether oxygens (including phenoxy) is 2. The van der Waals surface area contributed by atoms with Gasteiger partial charge in [-0.2, -0.15) is 37.0 Å². The van der Waals surface area contributed by atoms with Crippen molar-refractivity contribution in [2.45, 2.75) is 9.79 Å². The normalized spacial score (nSPS) is 11.0. The Morgan fingerprint density at radius 3 is 1.28 bits per heavy atom. The maximum atomic E-state index is 15.2. The largest absolute Gasteiger partial charge is 0.495 e. The lowest BCUT2D eigenvalue weighted by atomic mass is 10.0. The number of hydrogen-bond acceptors (Lipinski definition) is 14. The summed E-state index contributed by atoms with van der Waals surface area (Å²) in [5, 5.41) is 0.420. The van der Waals surface area contributed by atoms with Crippen molar-refractivity contribution in [3.8, 4) is 50.9 Å². The van der Waals surface area contributed by atoms with Crippen molar-refractivity contribution in [1.82, 2.24) is 29.1 Å². The lowest BCUT2D eigenvalue weighted by molar-refractivity contribution is 0.346. The van der Waals surface area contributed by atoms with Gasteiger partial charge in [0.15, 0.2) is 0 Å². The first kappa shape index (κ1) is 65.8. The lowest BCUT2D eigenvalue weighted by Crippen LogP contribution is -2.19. The fourth-order valence-corrected chi connectivity index (χ4v) is 10.3. The molecule has 0 spiro atoms. The van der Waals surface area contributed by atoms with Crippen molar-refractivity contribution in [3.05, 3.63) is 243 Å². The molecule has 454 valence electrons. The maximum Gasteiger partial charge on any atom is 0.339 e. The topological polar surface area (TPSA) is 230 Å². The second-order valence-corrected chi connectivity index (χ2v) is 20.9. The van der Waals surface area contributed by atoms with Crippen molar-refractivity contribution in [3.63, 3.8) is 0 Å². The molecule has 7 aromatic carbocycles. The van der Waals surface area contributed by atoms with Crippen LogP contribution in [-0.2, 0) is 20.1 Å². The number of pyridine rings is 2. The van der Waals surface area contributed by atoms with Crippen molar-refractivity contribution in [2.75, 3.05) is 24.7 Å². The minimum atomic E-state index is -5.18. The number of sulfonamides is 1. The molecule has 3 N–H and O–H groups in total. The minimum absolute atomic E-state index is 0. The first-order chi connectivity index (χ1) is 41.0. The van der Waals surface area contributed by atoms with Gasteiger partial charge in [0.2, 0.25) is 46.7 Å². The number of methoxy groups -OCH3 is 2. The van der Waals surface area contributed by atoms with Gasteiger partial charge in [-0.05, 0) is 108 Å². The van der Waals surface area contributed by atoms with Crippen LogP contribution in [0.4, 0.5) is 51.4 Å². The lowest BCUT2D eigenvalue weighted by Gasteiger charge is -2.16. The molecular weight excluding hydrogens is 1250 g/mol. The number of nitrogens with zero attached hydrogens (tertiary/aromatic N) is 6. The number of nitrogens with two attached hydrogens (primary N) is 1. The highest BCUT2D eigenvalue weighted by atomic mass is 32.2. The standard InChI is InChI=1S/C28H14F7NO5S.C26H18F2N4O4S.C4H5N3.2H3P/c1-40-21-11-17(13-2-5-15(29)6-3-13)18(30)12-20(21)36-19-8-7-16(10-14(19)4-9-22(36)37)42(38,39)41-28-26(34)24(32)23(31)25(33)27(28)35;1-36-24-14-20(16-3-6-18(27)7-4-16)21(28)15-23(24)32-22-9-8-19(13-17(22)5-10-25(32)33)37(34,35)31-26-29-11-2-12-30-26;5-4-6-2-1-3-7-4;;/h2-12H,1H3;2-15H,1H3,(H,29,30,31);1-3H,(H2,5,6,7);2*1H3. The Morgan fingerprint density at radius 2 is 0.875 bits per heavy atom. The molecule has 2 unspecified atom stereocenters. The zero-order valence-electron chi connectivity index (χ0n) is 45.2. The molecule has 4 aromatic heterocycles. The van der Waals surface area contributed by atoms with Crippen LogP contribution in [0.5, 0.6) is 17.2 Å². The van der Waals surface area contributed by atoms with Crippen molar-refractivity contribution in [1.29, 1.82) is 0 Å². The highest BCUT2D eigenvalue weighted by molar-refractivity contribution is 7.92. The van der Waals surface area contributed by atoms with Crippen molar-refractivity contribution in [2.24, 2.45) is 0 Å². The fraction of sp³-hybridized carbons (Fsp3) is 0.0345. The maximum absolute atomic E-state index is 15.2. The molecular formula is C58H43F9N8O9P2S2. The average Bonchev–Trinajstić information content (AvgIpc) is 0.940. The van der Waals surface area contributed by atoms with Gasteiger partial charge in [-0.3, -0.25) is 18.7 Å². The van der Waals surface area contributed by atoms with Crippen LogP contribution in [0.15, 0.2) is 190 Å². The molecule has 30 heteroatoms. The summed E-state index contributed by atoms with van der Waals surface area (Å²) in [6.45, 7) is 0. The summed E-state index contributed by atoms with van der Waals surface area (Å²) in [6, 6.07) is 30.2. The minimum Gasteiger partial charge on any atom is -0.495 e. The third-order valence-electron chi connectivity index (χ3n) is 12.4. The third-order valence-corrected chi connectivity index (χ3v) is 14.9. The van der Waals surface area contributed by atoms with Gasteiger partial charge in [0, 0.05) is 71.0 Å². The summed E-state index contributed by atoms with van der Waals surface area (Å²) in [5.74, 6) is -16.4. The Labute approximate surface area is 499 Å². The van der Waals surface area contributed by atoms with E-state index in [1.807, 2.05) is 0 Å².